The Kier molecular flexibility index (Phi) is 4.46. The molecule has 3 rings (SSSR count). The molecule has 0 radical (unpaired) electrons. The Balaban J connectivity index is 1.92. The van der Waals surface area contributed by atoms with Crippen LogP contribution in [0.2, 0.25) is 0 Å². The second kappa shape index (κ2) is 6.51. The van der Waals surface area contributed by atoms with Gasteiger partial charge in [0.2, 0.25) is 11.8 Å². The normalized spacial score (nSPS) is 25.6. The third kappa shape index (κ3) is 2.74. The average Bonchev–Trinajstić information content (AvgIpc) is 3.09. The number of hydrogen-bond donors (Lipinski definition) is 0. The van der Waals surface area contributed by atoms with Gasteiger partial charge in [-0.15, -0.1) is 0 Å². The lowest BCUT2D eigenvalue weighted by molar-refractivity contribution is -0.147. The van der Waals surface area contributed by atoms with Gasteiger partial charge in [-0.1, -0.05) is 30.3 Å². The lowest BCUT2D eigenvalue weighted by atomic mass is 9.83. The Bertz CT molecular complexity index is 537. The minimum atomic E-state index is -0.111. The summed E-state index contributed by atoms with van der Waals surface area (Å²) >= 11 is 0. The van der Waals surface area contributed by atoms with E-state index in [1.165, 1.54) is 0 Å². The molecule has 0 spiro atoms. The Morgan fingerprint density at radius 2 is 1.86 bits per heavy atom. The maximum atomic E-state index is 12.9. The van der Waals surface area contributed by atoms with Crippen molar-refractivity contribution in [2.45, 2.75) is 38.6 Å². The van der Waals surface area contributed by atoms with Crippen molar-refractivity contribution in [1.29, 1.82) is 0 Å². The zero-order chi connectivity index (χ0) is 15.5. The smallest absolute Gasteiger partial charge is 0.228 e. The van der Waals surface area contributed by atoms with Crippen LogP contribution in [0.5, 0.6) is 0 Å². The number of hydrogen-bond acceptors (Lipinski definition) is 2. The van der Waals surface area contributed by atoms with Crippen LogP contribution >= 0.6 is 0 Å². The number of piperidine rings is 1. The number of amides is 2. The van der Waals surface area contributed by atoms with E-state index in [9.17, 15) is 9.59 Å². The summed E-state index contributed by atoms with van der Waals surface area (Å²) < 4.78 is 0. The van der Waals surface area contributed by atoms with Crippen LogP contribution in [0.15, 0.2) is 30.3 Å². The molecule has 0 aliphatic carbocycles. The Labute approximate surface area is 132 Å². The van der Waals surface area contributed by atoms with E-state index in [2.05, 4.69) is 0 Å². The van der Waals surface area contributed by atoms with E-state index in [4.69, 9.17) is 0 Å². The van der Waals surface area contributed by atoms with Crippen LogP contribution in [0.25, 0.3) is 0 Å². The first kappa shape index (κ1) is 15.1. The van der Waals surface area contributed by atoms with Crippen LogP contribution in [0.3, 0.4) is 0 Å². The fourth-order valence-electron chi connectivity index (χ4n) is 3.82. The summed E-state index contributed by atoms with van der Waals surface area (Å²) in [5.74, 6) is 0.303. The number of rotatable bonds is 3. The lowest BCUT2D eigenvalue weighted by Crippen LogP contribution is -2.48. The molecule has 2 heterocycles. The van der Waals surface area contributed by atoms with Crippen LogP contribution in [-0.2, 0) is 9.59 Å². The first-order chi connectivity index (χ1) is 10.7. The Morgan fingerprint density at radius 1 is 1.18 bits per heavy atom. The van der Waals surface area contributed by atoms with Gasteiger partial charge in [0, 0.05) is 26.1 Å². The van der Waals surface area contributed by atoms with Crippen molar-refractivity contribution >= 4 is 11.8 Å². The highest BCUT2D eigenvalue weighted by molar-refractivity contribution is 5.85. The van der Waals surface area contributed by atoms with Gasteiger partial charge in [0.1, 0.15) is 0 Å². The predicted octanol–water partition coefficient (Wildman–Crippen LogP) is 2.61. The molecule has 0 bridgehead atoms. The van der Waals surface area contributed by atoms with Gasteiger partial charge in [0.05, 0.1) is 12.0 Å². The van der Waals surface area contributed by atoms with Crippen LogP contribution in [0.4, 0.5) is 0 Å². The Morgan fingerprint density at radius 3 is 2.50 bits per heavy atom. The fraction of sp³-hybridized carbons (Fsp3) is 0.556. The molecule has 2 saturated heterocycles. The summed E-state index contributed by atoms with van der Waals surface area (Å²) in [7, 11) is 0. The van der Waals surface area contributed by atoms with Crippen molar-refractivity contribution in [3.8, 4) is 0 Å². The highest BCUT2D eigenvalue weighted by atomic mass is 16.2. The average molecular weight is 300 g/mol. The fourth-order valence-corrected chi connectivity index (χ4v) is 3.82. The molecule has 0 unspecified atom stereocenters. The minimum Gasteiger partial charge on any atom is -0.342 e. The molecular weight excluding hydrogens is 276 g/mol. The zero-order valence-corrected chi connectivity index (χ0v) is 13.2. The standard InChI is InChI=1S/C18H24N2O2/c1-2-20-16(21)11-10-15(18(22)19-12-6-7-13-19)17(20)14-8-4-3-5-9-14/h3-5,8-9,15,17H,2,6-7,10-13H2,1H3/t15-,17+/m1/s1. The van der Waals surface area contributed by atoms with Crippen molar-refractivity contribution < 1.29 is 9.59 Å². The lowest BCUT2D eigenvalue weighted by Gasteiger charge is -2.41. The van der Waals surface area contributed by atoms with E-state index in [-0.39, 0.29) is 23.8 Å². The van der Waals surface area contributed by atoms with Gasteiger partial charge in [-0.2, -0.15) is 0 Å². The van der Waals surface area contributed by atoms with Crippen LogP contribution in [0.1, 0.15) is 44.2 Å². The molecule has 2 atom stereocenters. The Hall–Kier alpha value is -1.84. The van der Waals surface area contributed by atoms with Crippen molar-refractivity contribution in [2.75, 3.05) is 19.6 Å². The number of benzene rings is 1. The quantitative estimate of drug-likeness (QED) is 0.861. The second-order valence-electron chi connectivity index (χ2n) is 6.21. The number of carbonyl (C=O) groups is 2. The molecule has 1 aromatic rings. The minimum absolute atomic E-state index is 0.0989. The van der Waals surface area contributed by atoms with Gasteiger partial charge in [-0.25, -0.2) is 0 Å². The molecule has 1 aromatic carbocycles. The first-order valence-corrected chi connectivity index (χ1v) is 8.35. The zero-order valence-electron chi connectivity index (χ0n) is 13.2. The van der Waals surface area contributed by atoms with Crippen LogP contribution in [-0.4, -0.2) is 41.2 Å². The highest BCUT2D eigenvalue weighted by Gasteiger charge is 2.41. The van der Waals surface area contributed by atoms with E-state index in [0.717, 1.165) is 31.5 Å². The second-order valence-corrected chi connectivity index (χ2v) is 6.21. The third-order valence-corrected chi connectivity index (χ3v) is 4.92. The van der Waals surface area contributed by atoms with Gasteiger partial charge in [0.15, 0.2) is 0 Å². The van der Waals surface area contributed by atoms with Crippen molar-refractivity contribution in [1.82, 2.24) is 9.80 Å². The third-order valence-electron chi connectivity index (χ3n) is 4.92. The maximum Gasteiger partial charge on any atom is 0.228 e. The van der Waals surface area contributed by atoms with Crippen molar-refractivity contribution in [3.63, 3.8) is 0 Å². The van der Waals surface area contributed by atoms with E-state index in [1.54, 1.807) is 0 Å². The van der Waals surface area contributed by atoms with Crippen LogP contribution in [0, 0.1) is 5.92 Å². The molecule has 2 amide bonds. The van der Waals surface area contributed by atoms with Crippen LogP contribution < -0.4 is 0 Å². The molecule has 4 nitrogen and oxygen atoms in total. The van der Waals surface area contributed by atoms with Gasteiger partial charge < -0.3 is 9.80 Å². The maximum absolute atomic E-state index is 12.9. The van der Waals surface area contributed by atoms with Gasteiger partial charge in [-0.05, 0) is 31.7 Å². The monoisotopic (exact) mass is 300 g/mol. The number of carbonyl (C=O) groups excluding carboxylic acids is 2. The molecule has 0 N–H and O–H groups in total. The summed E-state index contributed by atoms with van der Waals surface area (Å²) in [6.07, 6.45) is 3.36. The molecule has 2 fully saturated rings. The SMILES string of the molecule is CCN1C(=O)CC[C@@H](C(=O)N2CCCC2)[C@@H]1c1ccccc1. The van der Waals surface area contributed by atoms with E-state index >= 15 is 0 Å². The highest BCUT2D eigenvalue weighted by Crippen LogP contribution is 2.38. The number of nitrogens with zero attached hydrogens (tertiary/aromatic N) is 2. The predicted molar refractivity (Wildman–Crippen MR) is 85.1 cm³/mol. The summed E-state index contributed by atoms with van der Waals surface area (Å²) in [6, 6.07) is 9.91. The molecule has 118 valence electrons. The van der Waals surface area contributed by atoms with Gasteiger partial charge in [0.25, 0.3) is 0 Å². The van der Waals surface area contributed by atoms with E-state index in [0.29, 0.717) is 19.4 Å². The van der Waals surface area contributed by atoms with Gasteiger partial charge in [-0.3, -0.25) is 9.59 Å². The van der Waals surface area contributed by atoms with Crippen molar-refractivity contribution in [2.24, 2.45) is 5.92 Å². The molecule has 0 saturated carbocycles. The first-order valence-electron chi connectivity index (χ1n) is 8.35. The molecule has 2 aliphatic heterocycles. The molecule has 22 heavy (non-hydrogen) atoms. The molecular formula is C18H24N2O2. The summed E-state index contributed by atoms with van der Waals surface area (Å²) in [6.45, 7) is 4.40. The summed E-state index contributed by atoms with van der Waals surface area (Å²) in [4.78, 5) is 29.1. The summed E-state index contributed by atoms with van der Waals surface area (Å²) in [5, 5.41) is 0. The van der Waals surface area contributed by atoms with Crippen molar-refractivity contribution in [3.05, 3.63) is 35.9 Å². The number of likely N-dealkylation sites (tertiary alicyclic amines) is 2. The molecule has 2 aliphatic rings. The molecule has 4 heteroatoms. The van der Waals surface area contributed by atoms with E-state index < -0.39 is 0 Å². The topological polar surface area (TPSA) is 40.6 Å². The summed E-state index contributed by atoms with van der Waals surface area (Å²) in [5.41, 5.74) is 1.08. The van der Waals surface area contributed by atoms with Gasteiger partial charge >= 0.3 is 0 Å². The molecule has 0 aromatic heterocycles. The van der Waals surface area contributed by atoms with E-state index in [1.807, 2.05) is 47.1 Å². The largest absolute Gasteiger partial charge is 0.342 e.